The Morgan fingerprint density at radius 2 is 1.90 bits per heavy atom. The Labute approximate surface area is 224 Å². The van der Waals surface area contributed by atoms with Crippen molar-refractivity contribution in [3.8, 4) is 22.6 Å². The van der Waals surface area contributed by atoms with Gasteiger partial charge in [-0.2, -0.15) is 8.78 Å². The zero-order valence-corrected chi connectivity index (χ0v) is 21.2. The van der Waals surface area contributed by atoms with Gasteiger partial charge in [0, 0.05) is 53.6 Å². The highest BCUT2D eigenvalue weighted by Gasteiger charge is 2.30. The minimum Gasteiger partial charge on any atom is -0.415 e. The number of likely N-dealkylation sites (N-methyl/N-ethyl adjacent to an activating group) is 1. The third-order valence-electron chi connectivity index (χ3n) is 7.36. The molecule has 1 aliphatic rings. The molecule has 0 spiro atoms. The quantitative estimate of drug-likeness (QED) is 0.316. The van der Waals surface area contributed by atoms with Crippen LogP contribution in [0.1, 0.15) is 24.1 Å². The van der Waals surface area contributed by atoms with Crippen molar-refractivity contribution in [2.45, 2.75) is 19.0 Å². The SMILES string of the molecule is CN1CC(n2c(=O)n(Cc3ccc(-c4nnc(C(F)F)o4)cn3)c3cc(F)c(-c4c[nH]c5ccccc45)cc32)C1. The van der Waals surface area contributed by atoms with Gasteiger partial charge in [0.2, 0.25) is 5.89 Å². The molecular weight excluding hydrogens is 523 g/mol. The maximum Gasteiger partial charge on any atom is 0.329 e. The fourth-order valence-corrected chi connectivity index (χ4v) is 5.38. The first-order valence-corrected chi connectivity index (χ1v) is 12.6. The second kappa shape index (κ2) is 9.19. The lowest BCUT2D eigenvalue weighted by Gasteiger charge is -2.36. The fraction of sp³-hybridized carbons (Fsp3) is 0.214. The van der Waals surface area contributed by atoms with Gasteiger partial charge in [-0.25, -0.2) is 9.18 Å². The summed E-state index contributed by atoms with van der Waals surface area (Å²) in [5, 5.41) is 7.86. The van der Waals surface area contributed by atoms with Crippen LogP contribution in [0.15, 0.2) is 70.1 Å². The van der Waals surface area contributed by atoms with Crippen molar-refractivity contribution >= 4 is 21.9 Å². The zero-order valence-electron chi connectivity index (χ0n) is 21.2. The number of H-pyrrole nitrogens is 1. The van der Waals surface area contributed by atoms with Gasteiger partial charge < -0.3 is 14.3 Å². The number of aromatic nitrogens is 6. The number of likely N-dealkylation sites (tertiary alicyclic amines) is 1. The van der Waals surface area contributed by atoms with Gasteiger partial charge in [-0.1, -0.05) is 18.2 Å². The molecule has 12 heteroatoms. The Morgan fingerprint density at radius 3 is 2.62 bits per heavy atom. The molecule has 1 aliphatic heterocycles. The van der Waals surface area contributed by atoms with Crippen molar-refractivity contribution in [1.82, 2.24) is 34.2 Å². The number of rotatable bonds is 6. The average molecular weight is 546 g/mol. The lowest BCUT2D eigenvalue weighted by Crippen LogP contribution is -2.48. The van der Waals surface area contributed by atoms with Gasteiger partial charge >= 0.3 is 12.1 Å². The lowest BCUT2D eigenvalue weighted by molar-refractivity contribution is 0.116. The molecule has 2 aromatic carbocycles. The van der Waals surface area contributed by atoms with Crippen LogP contribution in [0.25, 0.3) is 44.5 Å². The molecule has 7 rings (SSSR count). The molecule has 0 saturated carbocycles. The Bertz CT molecular complexity index is 1930. The first-order valence-electron chi connectivity index (χ1n) is 12.6. The smallest absolute Gasteiger partial charge is 0.329 e. The van der Waals surface area contributed by atoms with Crippen LogP contribution in [0.3, 0.4) is 0 Å². The summed E-state index contributed by atoms with van der Waals surface area (Å²) in [5.41, 5.74) is 3.77. The number of nitrogens with one attached hydrogen (secondary N) is 1. The summed E-state index contributed by atoms with van der Waals surface area (Å²) in [6.07, 6.45) is 0.328. The molecular formula is C28H22F3N7O2. The van der Waals surface area contributed by atoms with Gasteiger partial charge in [-0.3, -0.25) is 14.1 Å². The molecule has 5 heterocycles. The van der Waals surface area contributed by atoms with Gasteiger partial charge in [-0.15, -0.1) is 10.2 Å². The maximum atomic E-state index is 15.7. The average Bonchev–Trinajstić information content (AvgIpc) is 3.65. The van der Waals surface area contributed by atoms with Crippen molar-refractivity contribution in [2.75, 3.05) is 20.1 Å². The molecule has 1 fully saturated rings. The Morgan fingerprint density at radius 1 is 1.07 bits per heavy atom. The number of nitrogens with zero attached hydrogens (tertiary/aromatic N) is 6. The van der Waals surface area contributed by atoms with E-state index in [2.05, 4.69) is 25.1 Å². The maximum absolute atomic E-state index is 15.7. The van der Waals surface area contributed by atoms with Crippen LogP contribution < -0.4 is 5.69 Å². The predicted octanol–water partition coefficient (Wildman–Crippen LogP) is 5.01. The Balaban J connectivity index is 1.30. The first-order chi connectivity index (χ1) is 19.4. The molecule has 0 amide bonds. The van der Waals surface area contributed by atoms with E-state index in [0.29, 0.717) is 40.9 Å². The summed E-state index contributed by atoms with van der Waals surface area (Å²) < 4.78 is 49.5. The number of hydrogen-bond donors (Lipinski definition) is 1. The lowest BCUT2D eigenvalue weighted by atomic mass is 10.0. The first kappa shape index (κ1) is 24.3. The van der Waals surface area contributed by atoms with E-state index in [1.807, 2.05) is 31.3 Å². The monoisotopic (exact) mass is 545 g/mol. The summed E-state index contributed by atoms with van der Waals surface area (Å²) in [6, 6.07) is 14.0. The zero-order chi connectivity index (χ0) is 27.5. The van der Waals surface area contributed by atoms with Crippen molar-refractivity contribution in [3.05, 3.63) is 88.8 Å². The number of pyridine rings is 1. The minimum atomic E-state index is -2.87. The number of aromatic amines is 1. The largest absolute Gasteiger partial charge is 0.415 e. The normalized spacial score (nSPS) is 14.5. The van der Waals surface area contributed by atoms with E-state index in [-0.39, 0.29) is 24.2 Å². The van der Waals surface area contributed by atoms with E-state index in [0.717, 1.165) is 16.5 Å². The number of hydrogen-bond acceptors (Lipinski definition) is 6. The third-order valence-corrected chi connectivity index (χ3v) is 7.36. The molecule has 1 N–H and O–H groups in total. The topological polar surface area (TPSA) is 97.8 Å². The van der Waals surface area contributed by atoms with E-state index in [1.54, 1.807) is 29.0 Å². The van der Waals surface area contributed by atoms with E-state index < -0.39 is 18.1 Å². The molecule has 202 valence electrons. The van der Waals surface area contributed by atoms with Crippen LogP contribution in [-0.4, -0.2) is 54.3 Å². The standard InChI is InChI=1S/C28H22F3N7O2/c1-36-13-17(14-36)38-24-8-19(20-11-33-22-5-3-2-4-18(20)22)21(29)9-23(24)37(28(38)39)12-16-7-6-15(10-32-16)26-34-35-27(40-26)25(30)31/h2-11,17,25,33H,12-14H2,1H3. The Kier molecular flexibility index (Phi) is 5.59. The van der Waals surface area contributed by atoms with Crippen molar-refractivity contribution in [1.29, 1.82) is 0 Å². The van der Waals surface area contributed by atoms with Crippen molar-refractivity contribution in [3.63, 3.8) is 0 Å². The second-order valence-corrected chi connectivity index (χ2v) is 9.97. The summed E-state index contributed by atoms with van der Waals surface area (Å²) in [5.74, 6) is -1.29. The van der Waals surface area contributed by atoms with Gasteiger partial charge in [0.1, 0.15) is 5.82 Å². The highest BCUT2D eigenvalue weighted by molar-refractivity contribution is 5.97. The molecule has 0 unspecified atom stereocenters. The molecule has 6 aromatic rings. The molecule has 4 aromatic heterocycles. The number of fused-ring (bicyclic) bond motifs is 2. The number of alkyl halides is 2. The van der Waals surface area contributed by atoms with Gasteiger partial charge in [-0.05, 0) is 31.3 Å². The van der Waals surface area contributed by atoms with Crippen LogP contribution in [0, 0.1) is 5.82 Å². The van der Waals surface area contributed by atoms with E-state index in [4.69, 9.17) is 4.42 Å². The van der Waals surface area contributed by atoms with E-state index in [9.17, 15) is 13.6 Å². The number of para-hydroxylation sites is 1. The molecule has 0 radical (unpaired) electrons. The van der Waals surface area contributed by atoms with Gasteiger partial charge in [0.05, 0.1) is 34.9 Å². The summed E-state index contributed by atoms with van der Waals surface area (Å²) in [4.78, 5) is 23.4. The van der Waals surface area contributed by atoms with Crippen molar-refractivity contribution in [2.24, 2.45) is 0 Å². The van der Waals surface area contributed by atoms with Crippen LogP contribution in [-0.2, 0) is 6.54 Å². The van der Waals surface area contributed by atoms with Crippen LogP contribution in [0.2, 0.25) is 0 Å². The summed E-state index contributed by atoms with van der Waals surface area (Å²) >= 11 is 0. The van der Waals surface area contributed by atoms with E-state index >= 15 is 4.39 Å². The molecule has 1 saturated heterocycles. The third kappa shape index (κ3) is 3.90. The number of halogens is 3. The number of benzene rings is 2. The summed E-state index contributed by atoms with van der Waals surface area (Å²) in [6.45, 7) is 1.50. The molecule has 0 atom stereocenters. The van der Waals surface area contributed by atoms with Gasteiger partial charge in [0.15, 0.2) is 0 Å². The molecule has 0 aliphatic carbocycles. The highest BCUT2D eigenvalue weighted by atomic mass is 19.3. The molecule has 40 heavy (non-hydrogen) atoms. The summed E-state index contributed by atoms with van der Waals surface area (Å²) in [7, 11) is 1.98. The highest BCUT2D eigenvalue weighted by Crippen LogP contribution is 2.34. The van der Waals surface area contributed by atoms with Crippen LogP contribution in [0.5, 0.6) is 0 Å². The fourth-order valence-electron chi connectivity index (χ4n) is 5.38. The minimum absolute atomic E-state index is 0.0422. The second-order valence-electron chi connectivity index (χ2n) is 9.97. The molecule has 9 nitrogen and oxygen atoms in total. The number of imidazole rings is 1. The van der Waals surface area contributed by atoms with E-state index in [1.165, 1.54) is 16.8 Å². The Hall–Kier alpha value is -4.71. The van der Waals surface area contributed by atoms with Crippen LogP contribution >= 0.6 is 0 Å². The predicted molar refractivity (Wildman–Crippen MR) is 142 cm³/mol. The van der Waals surface area contributed by atoms with Crippen LogP contribution in [0.4, 0.5) is 13.2 Å². The van der Waals surface area contributed by atoms with Crippen molar-refractivity contribution < 1.29 is 17.6 Å². The molecule has 0 bridgehead atoms. The van der Waals surface area contributed by atoms with Gasteiger partial charge in [0.25, 0.3) is 5.89 Å².